The summed E-state index contributed by atoms with van der Waals surface area (Å²) in [6.45, 7) is 7.51. The highest BCUT2D eigenvalue weighted by Gasteiger charge is 2.09. The fourth-order valence-corrected chi connectivity index (χ4v) is 3.04. The van der Waals surface area contributed by atoms with Crippen LogP contribution in [0.15, 0.2) is 36.5 Å². The zero-order valence-electron chi connectivity index (χ0n) is 16.7. The minimum Gasteiger partial charge on any atom is -0.494 e. The maximum atomic E-state index is 5.84. The van der Waals surface area contributed by atoms with E-state index in [0.717, 1.165) is 35.9 Å². The Balaban J connectivity index is 1.89. The standard InChI is InChI=1S/C23H34N2O/c1-4-6-8-9-10-18-26-21-14-12-20(13-15-21)23-24-17-16-22(25-23)19(3)11-7-5-2/h12-17,19H,4-11,18H2,1-3H3. The van der Waals surface area contributed by atoms with E-state index in [0.29, 0.717) is 5.92 Å². The topological polar surface area (TPSA) is 35.0 Å². The summed E-state index contributed by atoms with van der Waals surface area (Å²) in [6, 6.07) is 10.2. The lowest BCUT2D eigenvalue weighted by atomic mass is 10.0. The molecule has 2 aromatic rings. The number of unbranched alkanes of at least 4 members (excludes halogenated alkanes) is 5. The third-order valence-corrected chi connectivity index (χ3v) is 4.80. The molecule has 0 bridgehead atoms. The van der Waals surface area contributed by atoms with Gasteiger partial charge in [-0.25, -0.2) is 9.97 Å². The van der Waals surface area contributed by atoms with Gasteiger partial charge in [0.15, 0.2) is 5.82 Å². The summed E-state index contributed by atoms with van der Waals surface area (Å²) in [5.74, 6) is 2.21. The number of hydrogen-bond donors (Lipinski definition) is 0. The van der Waals surface area contributed by atoms with Crippen LogP contribution in [0.4, 0.5) is 0 Å². The number of rotatable bonds is 12. The predicted molar refractivity (Wildman–Crippen MR) is 110 cm³/mol. The van der Waals surface area contributed by atoms with E-state index in [1.54, 1.807) is 0 Å². The molecule has 1 unspecified atom stereocenters. The average Bonchev–Trinajstić information content (AvgIpc) is 2.69. The first-order valence-corrected chi connectivity index (χ1v) is 10.3. The molecule has 0 radical (unpaired) electrons. The first kappa shape index (κ1) is 20.4. The van der Waals surface area contributed by atoms with Crippen molar-refractivity contribution in [2.24, 2.45) is 0 Å². The average molecular weight is 355 g/mol. The molecule has 0 saturated carbocycles. The van der Waals surface area contributed by atoms with Crippen molar-refractivity contribution in [3.8, 4) is 17.1 Å². The lowest BCUT2D eigenvalue weighted by Crippen LogP contribution is -2.00. The van der Waals surface area contributed by atoms with Crippen LogP contribution in [0.1, 0.15) is 83.7 Å². The fourth-order valence-electron chi connectivity index (χ4n) is 3.04. The summed E-state index contributed by atoms with van der Waals surface area (Å²) in [6.07, 6.45) is 11.8. The Kier molecular flexibility index (Phi) is 9.16. The number of ether oxygens (including phenoxy) is 1. The Morgan fingerprint density at radius 3 is 2.35 bits per heavy atom. The molecule has 0 aliphatic rings. The van der Waals surface area contributed by atoms with Gasteiger partial charge in [-0.05, 0) is 49.1 Å². The largest absolute Gasteiger partial charge is 0.494 e. The second kappa shape index (κ2) is 11.7. The van der Waals surface area contributed by atoms with Crippen LogP contribution in [0, 0.1) is 0 Å². The van der Waals surface area contributed by atoms with E-state index >= 15 is 0 Å². The second-order valence-corrected chi connectivity index (χ2v) is 7.14. The van der Waals surface area contributed by atoms with Gasteiger partial charge in [0, 0.05) is 17.5 Å². The van der Waals surface area contributed by atoms with Crippen molar-refractivity contribution < 1.29 is 4.74 Å². The molecule has 3 nitrogen and oxygen atoms in total. The third-order valence-electron chi connectivity index (χ3n) is 4.80. The van der Waals surface area contributed by atoms with Crippen LogP contribution in [0.5, 0.6) is 5.75 Å². The molecule has 0 aliphatic heterocycles. The maximum absolute atomic E-state index is 5.84. The molecule has 0 fully saturated rings. The van der Waals surface area contributed by atoms with Gasteiger partial charge >= 0.3 is 0 Å². The molecule has 0 amide bonds. The quantitative estimate of drug-likeness (QED) is 0.394. The minimum absolute atomic E-state index is 0.479. The van der Waals surface area contributed by atoms with E-state index < -0.39 is 0 Å². The molecule has 0 aliphatic carbocycles. The summed E-state index contributed by atoms with van der Waals surface area (Å²) < 4.78 is 5.84. The first-order valence-electron chi connectivity index (χ1n) is 10.3. The SMILES string of the molecule is CCCCCCCOc1ccc(-c2nccc(C(C)CCCC)n2)cc1. The second-order valence-electron chi connectivity index (χ2n) is 7.14. The zero-order valence-corrected chi connectivity index (χ0v) is 16.7. The number of aromatic nitrogens is 2. The van der Waals surface area contributed by atoms with Gasteiger partial charge in [-0.1, -0.05) is 59.3 Å². The lowest BCUT2D eigenvalue weighted by molar-refractivity contribution is 0.304. The minimum atomic E-state index is 0.479. The molecular formula is C23H34N2O. The molecule has 0 saturated heterocycles. The highest BCUT2D eigenvalue weighted by molar-refractivity contribution is 5.56. The summed E-state index contributed by atoms with van der Waals surface area (Å²) >= 11 is 0. The molecule has 0 N–H and O–H groups in total. The zero-order chi connectivity index (χ0) is 18.6. The first-order chi connectivity index (χ1) is 12.7. The summed E-state index contributed by atoms with van der Waals surface area (Å²) in [7, 11) is 0. The Morgan fingerprint density at radius 1 is 0.885 bits per heavy atom. The van der Waals surface area contributed by atoms with Crippen molar-refractivity contribution in [3.63, 3.8) is 0 Å². The molecule has 0 spiro atoms. The van der Waals surface area contributed by atoms with Crippen molar-refractivity contribution >= 4 is 0 Å². The van der Waals surface area contributed by atoms with Crippen LogP contribution < -0.4 is 4.74 Å². The molecule has 1 heterocycles. The van der Waals surface area contributed by atoms with Gasteiger partial charge in [-0.2, -0.15) is 0 Å². The predicted octanol–water partition coefficient (Wildman–Crippen LogP) is 6.79. The van der Waals surface area contributed by atoms with Gasteiger partial charge in [-0.15, -0.1) is 0 Å². The molecule has 26 heavy (non-hydrogen) atoms. The van der Waals surface area contributed by atoms with E-state index in [2.05, 4.69) is 37.9 Å². The van der Waals surface area contributed by atoms with Crippen molar-refractivity contribution in [2.75, 3.05) is 6.61 Å². The van der Waals surface area contributed by atoms with Crippen LogP contribution in [0.25, 0.3) is 11.4 Å². The van der Waals surface area contributed by atoms with Crippen LogP contribution >= 0.6 is 0 Å². The molecule has 1 aromatic heterocycles. The molecule has 1 aromatic carbocycles. The van der Waals surface area contributed by atoms with Crippen molar-refractivity contribution in [2.45, 2.75) is 78.1 Å². The van der Waals surface area contributed by atoms with Crippen LogP contribution in [0.3, 0.4) is 0 Å². The van der Waals surface area contributed by atoms with Gasteiger partial charge in [-0.3, -0.25) is 0 Å². The highest BCUT2D eigenvalue weighted by atomic mass is 16.5. The Bertz CT molecular complexity index is 624. The Labute approximate surface area is 159 Å². The number of hydrogen-bond acceptors (Lipinski definition) is 3. The molecule has 1 atom stereocenters. The summed E-state index contributed by atoms with van der Waals surface area (Å²) in [5, 5.41) is 0. The van der Waals surface area contributed by atoms with E-state index in [1.807, 2.05) is 24.4 Å². The van der Waals surface area contributed by atoms with Crippen molar-refractivity contribution in [1.82, 2.24) is 9.97 Å². The van der Waals surface area contributed by atoms with Crippen molar-refractivity contribution in [1.29, 1.82) is 0 Å². The fraction of sp³-hybridized carbons (Fsp3) is 0.565. The van der Waals surface area contributed by atoms with Gasteiger partial charge in [0.05, 0.1) is 6.61 Å². The Morgan fingerprint density at radius 2 is 1.62 bits per heavy atom. The monoisotopic (exact) mass is 354 g/mol. The van der Waals surface area contributed by atoms with Gasteiger partial charge < -0.3 is 4.74 Å². The van der Waals surface area contributed by atoms with E-state index in [-0.39, 0.29) is 0 Å². The lowest BCUT2D eigenvalue weighted by Gasteiger charge is -2.11. The van der Waals surface area contributed by atoms with Gasteiger partial charge in [0.2, 0.25) is 0 Å². The molecule has 142 valence electrons. The van der Waals surface area contributed by atoms with Crippen molar-refractivity contribution in [3.05, 3.63) is 42.2 Å². The van der Waals surface area contributed by atoms with E-state index in [4.69, 9.17) is 9.72 Å². The van der Waals surface area contributed by atoms with E-state index in [1.165, 1.54) is 44.9 Å². The van der Waals surface area contributed by atoms with Crippen LogP contribution in [-0.2, 0) is 0 Å². The number of nitrogens with zero attached hydrogens (tertiary/aromatic N) is 2. The summed E-state index contributed by atoms with van der Waals surface area (Å²) in [4.78, 5) is 9.23. The maximum Gasteiger partial charge on any atom is 0.159 e. The smallest absolute Gasteiger partial charge is 0.159 e. The normalized spacial score (nSPS) is 12.1. The van der Waals surface area contributed by atoms with E-state index in [9.17, 15) is 0 Å². The molecule has 3 heteroatoms. The van der Waals surface area contributed by atoms with Crippen LogP contribution in [-0.4, -0.2) is 16.6 Å². The summed E-state index contributed by atoms with van der Waals surface area (Å²) in [5.41, 5.74) is 2.18. The highest BCUT2D eigenvalue weighted by Crippen LogP contribution is 2.23. The third kappa shape index (κ3) is 6.78. The molecule has 2 rings (SSSR count). The van der Waals surface area contributed by atoms with Gasteiger partial charge in [0.25, 0.3) is 0 Å². The van der Waals surface area contributed by atoms with Crippen LogP contribution in [0.2, 0.25) is 0 Å². The Hall–Kier alpha value is -1.90. The van der Waals surface area contributed by atoms with Gasteiger partial charge in [0.1, 0.15) is 5.75 Å². The number of benzene rings is 1. The molecular weight excluding hydrogens is 320 g/mol.